The largest absolute Gasteiger partial charge is 0.393 e. The van der Waals surface area contributed by atoms with E-state index in [0.29, 0.717) is 19.3 Å². The Morgan fingerprint density at radius 2 is 1.84 bits per heavy atom. The lowest BCUT2D eigenvalue weighted by Gasteiger charge is -2.20. The van der Waals surface area contributed by atoms with Gasteiger partial charge in [0.05, 0.1) is 12.2 Å². The summed E-state index contributed by atoms with van der Waals surface area (Å²) < 4.78 is 27.8. The first-order chi connectivity index (χ1) is 11.9. The molecule has 25 heavy (non-hydrogen) atoms. The predicted octanol–water partition coefficient (Wildman–Crippen LogP) is 4.43. The molecule has 1 saturated carbocycles. The monoisotopic (exact) mass is 358 g/mol. The van der Waals surface area contributed by atoms with Crippen LogP contribution in [-0.4, -0.2) is 34.6 Å². The summed E-state index contributed by atoms with van der Waals surface area (Å²) in [4.78, 5) is 10.3. The SMILES string of the molecule is CCCCCC(F)(F)/C=C/[C@@H]1[C@@H](C/C=C\CCCC=O)[C@@H](O)C[C@H]1O. The van der Waals surface area contributed by atoms with Gasteiger partial charge in [-0.2, -0.15) is 0 Å². The lowest BCUT2D eigenvalue weighted by atomic mass is 9.89. The summed E-state index contributed by atoms with van der Waals surface area (Å²) in [6.45, 7) is 1.97. The van der Waals surface area contributed by atoms with Crippen molar-refractivity contribution in [3.05, 3.63) is 24.3 Å². The number of carbonyl (C=O) groups is 1. The zero-order chi connectivity index (χ0) is 18.7. The molecule has 5 heteroatoms. The number of hydrogen-bond donors (Lipinski definition) is 2. The highest BCUT2D eigenvalue weighted by atomic mass is 19.3. The van der Waals surface area contributed by atoms with Crippen LogP contribution in [0.15, 0.2) is 24.3 Å². The quantitative estimate of drug-likeness (QED) is 0.308. The summed E-state index contributed by atoms with van der Waals surface area (Å²) in [6, 6.07) is 0. The zero-order valence-electron chi connectivity index (χ0n) is 15.1. The fourth-order valence-corrected chi connectivity index (χ4v) is 3.34. The summed E-state index contributed by atoms with van der Waals surface area (Å²) in [5.74, 6) is -3.57. The van der Waals surface area contributed by atoms with E-state index in [1.165, 1.54) is 6.08 Å². The van der Waals surface area contributed by atoms with Crippen molar-refractivity contribution >= 4 is 6.29 Å². The maximum absolute atomic E-state index is 13.9. The molecule has 144 valence electrons. The third kappa shape index (κ3) is 8.23. The van der Waals surface area contributed by atoms with Gasteiger partial charge in [0.25, 0.3) is 5.92 Å². The second-order valence-corrected chi connectivity index (χ2v) is 6.99. The van der Waals surface area contributed by atoms with E-state index in [4.69, 9.17) is 0 Å². The summed E-state index contributed by atoms with van der Waals surface area (Å²) >= 11 is 0. The van der Waals surface area contributed by atoms with Crippen LogP contribution >= 0.6 is 0 Å². The summed E-state index contributed by atoms with van der Waals surface area (Å²) in [7, 11) is 0. The molecule has 1 aliphatic carbocycles. The Morgan fingerprint density at radius 3 is 2.52 bits per heavy atom. The molecule has 1 aliphatic rings. The molecule has 4 atom stereocenters. The van der Waals surface area contributed by atoms with Gasteiger partial charge >= 0.3 is 0 Å². The Morgan fingerprint density at radius 1 is 1.08 bits per heavy atom. The molecule has 3 nitrogen and oxygen atoms in total. The standard InChI is InChI=1S/C20H32F2O3/c1-2-3-8-12-20(21,22)13-11-17-16(18(24)15-19(17)25)10-7-5-4-6-9-14-23/h5,7,11,13-14,16-19,24-25H,2-4,6,8-10,12,15H2,1H3/b7-5-,13-11+/t16-,17-,18+,19-/m1/s1. The third-order valence-electron chi connectivity index (χ3n) is 4.86. The second-order valence-electron chi connectivity index (χ2n) is 6.99. The van der Waals surface area contributed by atoms with Crippen LogP contribution in [-0.2, 0) is 4.79 Å². The molecule has 0 aromatic carbocycles. The van der Waals surface area contributed by atoms with Gasteiger partial charge in [-0.15, -0.1) is 0 Å². The van der Waals surface area contributed by atoms with E-state index >= 15 is 0 Å². The lowest BCUT2D eigenvalue weighted by molar-refractivity contribution is -0.107. The van der Waals surface area contributed by atoms with Crippen molar-refractivity contribution in [1.29, 1.82) is 0 Å². The molecule has 1 rings (SSSR count). The van der Waals surface area contributed by atoms with Gasteiger partial charge in [-0.25, -0.2) is 8.78 Å². The minimum absolute atomic E-state index is 0.177. The first-order valence-corrected chi connectivity index (χ1v) is 9.43. The number of aliphatic hydroxyl groups excluding tert-OH is 2. The van der Waals surface area contributed by atoms with Gasteiger partial charge in [0, 0.05) is 25.2 Å². The van der Waals surface area contributed by atoms with E-state index in [2.05, 4.69) is 0 Å². The fraction of sp³-hybridized carbons (Fsp3) is 0.750. The maximum Gasteiger partial charge on any atom is 0.266 e. The molecule has 2 N–H and O–H groups in total. The number of halogens is 2. The molecule has 0 radical (unpaired) electrons. The van der Waals surface area contributed by atoms with Crippen LogP contribution < -0.4 is 0 Å². The Balaban J connectivity index is 2.58. The Hall–Kier alpha value is -1.07. The van der Waals surface area contributed by atoms with E-state index in [1.807, 2.05) is 19.1 Å². The first-order valence-electron chi connectivity index (χ1n) is 9.43. The highest BCUT2D eigenvalue weighted by molar-refractivity contribution is 5.49. The molecular formula is C20H32F2O3. The van der Waals surface area contributed by atoms with Crippen LogP contribution in [0.3, 0.4) is 0 Å². The number of allylic oxidation sites excluding steroid dienone is 3. The van der Waals surface area contributed by atoms with E-state index < -0.39 is 24.0 Å². The Bertz CT molecular complexity index is 435. The van der Waals surface area contributed by atoms with Crippen molar-refractivity contribution in [2.45, 2.75) is 82.8 Å². The molecule has 0 aromatic heterocycles. The topological polar surface area (TPSA) is 57.5 Å². The van der Waals surface area contributed by atoms with Gasteiger partial charge in [0.15, 0.2) is 0 Å². The Labute approximate surface area is 149 Å². The average Bonchev–Trinajstić information content (AvgIpc) is 2.82. The smallest absolute Gasteiger partial charge is 0.266 e. The van der Waals surface area contributed by atoms with E-state index in [1.54, 1.807) is 0 Å². The van der Waals surface area contributed by atoms with Crippen LogP contribution in [0.1, 0.15) is 64.7 Å². The maximum atomic E-state index is 13.9. The first kappa shape index (κ1) is 22.0. The van der Waals surface area contributed by atoms with Gasteiger partial charge in [-0.3, -0.25) is 0 Å². The number of carbonyl (C=O) groups excluding carboxylic acids is 1. The van der Waals surface area contributed by atoms with Gasteiger partial charge in [-0.1, -0.05) is 38.0 Å². The molecule has 0 aliphatic heterocycles. The number of aldehydes is 1. The number of hydrogen-bond acceptors (Lipinski definition) is 3. The van der Waals surface area contributed by atoms with Crippen LogP contribution in [0, 0.1) is 11.8 Å². The van der Waals surface area contributed by atoms with E-state index in [0.717, 1.165) is 38.0 Å². The van der Waals surface area contributed by atoms with Crippen molar-refractivity contribution in [1.82, 2.24) is 0 Å². The van der Waals surface area contributed by atoms with Crippen LogP contribution in [0.2, 0.25) is 0 Å². The number of unbranched alkanes of at least 4 members (excludes halogenated alkanes) is 4. The van der Waals surface area contributed by atoms with Crippen molar-refractivity contribution in [2.24, 2.45) is 11.8 Å². The molecule has 0 bridgehead atoms. The van der Waals surface area contributed by atoms with Gasteiger partial charge in [-0.05, 0) is 37.7 Å². The lowest BCUT2D eigenvalue weighted by Crippen LogP contribution is -2.21. The molecule has 0 heterocycles. The summed E-state index contributed by atoms with van der Waals surface area (Å²) in [5, 5.41) is 20.2. The van der Waals surface area contributed by atoms with E-state index in [-0.39, 0.29) is 18.8 Å². The van der Waals surface area contributed by atoms with E-state index in [9.17, 15) is 23.8 Å². The van der Waals surface area contributed by atoms with Crippen LogP contribution in [0.4, 0.5) is 8.78 Å². The summed E-state index contributed by atoms with van der Waals surface area (Å²) in [6.07, 6.45) is 10.4. The van der Waals surface area contributed by atoms with Crippen molar-refractivity contribution in [3.63, 3.8) is 0 Å². The van der Waals surface area contributed by atoms with Gasteiger partial charge in [0.2, 0.25) is 0 Å². The minimum Gasteiger partial charge on any atom is -0.393 e. The number of rotatable bonds is 12. The highest BCUT2D eigenvalue weighted by Gasteiger charge is 2.40. The van der Waals surface area contributed by atoms with Crippen LogP contribution in [0.5, 0.6) is 0 Å². The van der Waals surface area contributed by atoms with Gasteiger partial charge in [0.1, 0.15) is 6.29 Å². The summed E-state index contributed by atoms with van der Waals surface area (Å²) in [5.41, 5.74) is 0. The molecule has 0 spiro atoms. The average molecular weight is 358 g/mol. The zero-order valence-corrected chi connectivity index (χ0v) is 15.1. The number of alkyl halides is 2. The molecule has 1 fully saturated rings. The molecule has 0 aromatic rings. The fourth-order valence-electron chi connectivity index (χ4n) is 3.34. The molecule has 0 amide bonds. The Kier molecular flexibility index (Phi) is 10.1. The minimum atomic E-state index is -2.86. The van der Waals surface area contributed by atoms with Crippen molar-refractivity contribution < 1.29 is 23.8 Å². The highest BCUT2D eigenvalue weighted by Crippen LogP contribution is 2.37. The number of aliphatic hydroxyl groups is 2. The second kappa shape index (κ2) is 11.5. The predicted molar refractivity (Wildman–Crippen MR) is 95.5 cm³/mol. The van der Waals surface area contributed by atoms with Crippen LogP contribution in [0.25, 0.3) is 0 Å². The molecule has 0 unspecified atom stereocenters. The molecular weight excluding hydrogens is 326 g/mol. The van der Waals surface area contributed by atoms with Crippen molar-refractivity contribution in [2.75, 3.05) is 0 Å². The van der Waals surface area contributed by atoms with Gasteiger partial charge < -0.3 is 15.0 Å². The molecule has 0 saturated heterocycles. The normalized spacial score (nSPS) is 27.6. The van der Waals surface area contributed by atoms with Crippen molar-refractivity contribution in [3.8, 4) is 0 Å². The third-order valence-corrected chi connectivity index (χ3v) is 4.86.